The van der Waals surface area contributed by atoms with Crippen LogP contribution in [-0.4, -0.2) is 18.5 Å². The van der Waals surface area contributed by atoms with Crippen molar-refractivity contribution in [1.82, 2.24) is 0 Å². The molecule has 1 N–H and O–H groups in total. The predicted molar refractivity (Wildman–Crippen MR) is 95.9 cm³/mol. The smallest absolute Gasteiger partial charge is 0.310 e. The van der Waals surface area contributed by atoms with Crippen LogP contribution in [0.2, 0.25) is 0 Å². The molecule has 0 saturated carbocycles. The van der Waals surface area contributed by atoms with E-state index in [-0.39, 0.29) is 22.0 Å². The Kier molecular flexibility index (Phi) is 7.29. The first-order valence-electron chi connectivity index (χ1n) is 7.46. The summed E-state index contributed by atoms with van der Waals surface area (Å²) in [5.41, 5.74) is 0.452. The van der Waals surface area contributed by atoms with Gasteiger partial charge < -0.3 is 10.1 Å². The molecule has 0 spiro atoms. The Morgan fingerprint density at radius 1 is 1.08 bits per heavy atom. The van der Waals surface area contributed by atoms with Crippen LogP contribution < -0.4 is 5.32 Å². The van der Waals surface area contributed by atoms with Crippen molar-refractivity contribution in [1.29, 1.82) is 0 Å². The Morgan fingerprint density at radius 3 is 2.28 bits per heavy atom. The van der Waals surface area contributed by atoms with Crippen molar-refractivity contribution < 1.29 is 18.7 Å². The molecule has 1 amide bonds. The zero-order valence-electron chi connectivity index (χ0n) is 13.0. The number of carbonyl (C=O) groups excluding carboxylic acids is 2. The molecule has 1 aromatic carbocycles. The minimum absolute atomic E-state index is 0.00958. The van der Waals surface area contributed by atoms with E-state index in [9.17, 15) is 14.0 Å². The van der Waals surface area contributed by atoms with Crippen LogP contribution in [0.25, 0.3) is 0 Å². The number of nitrogens with one attached hydrogen (secondary N) is 1. The molecule has 0 aliphatic heterocycles. The number of benzene rings is 1. The second kappa shape index (κ2) is 9.22. The molecule has 0 heterocycles. The second-order valence-electron chi connectivity index (χ2n) is 5.42. The van der Waals surface area contributed by atoms with Crippen molar-refractivity contribution in [3.8, 4) is 0 Å². The van der Waals surface area contributed by atoms with E-state index >= 15 is 0 Å². The molecule has 0 radical (unpaired) electrons. The summed E-state index contributed by atoms with van der Waals surface area (Å²) in [7, 11) is 0. The van der Waals surface area contributed by atoms with Crippen LogP contribution in [0.4, 0.5) is 10.1 Å². The predicted octanol–water partition coefficient (Wildman–Crippen LogP) is 4.78. The van der Waals surface area contributed by atoms with Gasteiger partial charge in [0.2, 0.25) is 5.91 Å². The molecule has 0 saturated heterocycles. The number of ether oxygens (including phenoxy) is 1. The van der Waals surface area contributed by atoms with Gasteiger partial charge in [-0.05, 0) is 37.1 Å². The molecule has 134 valence electrons. The van der Waals surface area contributed by atoms with E-state index in [1.54, 1.807) is 0 Å². The molecule has 0 fully saturated rings. The molecule has 2 atom stereocenters. The molecule has 25 heavy (non-hydrogen) atoms. The quantitative estimate of drug-likeness (QED) is 0.566. The second-order valence-corrected chi connectivity index (χ2v) is 6.83. The van der Waals surface area contributed by atoms with E-state index in [0.717, 1.165) is 0 Å². The Balaban J connectivity index is 2.03. The first-order valence-corrected chi connectivity index (χ1v) is 8.59. The average molecular weight is 407 g/mol. The number of esters is 1. The number of carbonyl (C=O) groups is 2. The highest BCUT2D eigenvalue weighted by Gasteiger charge is 2.35. The number of hydrogen-bond acceptors (Lipinski definition) is 3. The molecule has 1 aromatic rings. The third kappa shape index (κ3) is 5.73. The van der Waals surface area contributed by atoms with Crippen molar-refractivity contribution in [3.63, 3.8) is 0 Å². The minimum atomic E-state index is -0.649. The van der Waals surface area contributed by atoms with Crippen LogP contribution in [0.5, 0.6) is 0 Å². The zero-order valence-corrected chi connectivity index (χ0v) is 15.2. The van der Waals surface area contributed by atoms with E-state index in [0.29, 0.717) is 18.5 Å². The van der Waals surface area contributed by atoms with Gasteiger partial charge in [0.05, 0.1) is 16.9 Å². The van der Waals surface area contributed by atoms with E-state index < -0.39 is 23.6 Å². The molecule has 0 bridgehead atoms. The van der Waals surface area contributed by atoms with Gasteiger partial charge in [-0.1, -0.05) is 47.0 Å². The molecular formula is C17H15Cl3FNO3. The minimum Gasteiger partial charge on any atom is -0.460 e. The number of anilines is 1. The third-order valence-electron chi connectivity index (χ3n) is 3.73. The van der Waals surface area contributed by atoms with Gasteiger partial charge in [0.1, 0.15) is 16.9 Å². The van der Waals surface area contributed by atoms with E-state index in [1.165, 1.54) is 24.3 Å². The summed E-state index contributed by atoms with van der Waals surface area (Å²) >= 11 is 16.7. The van der Waals surface area contributed by atoms with Crippen LogP contribution in [0, 0.1) is 17.7 Å². The Labute approximate surface area is 159 Å². The lowest BCUT2D eigenvalue weighted by Gasteiger charge is -2.26. The molecule has 2 rings (SSSR count). The molecule has 4 nitrogen and oxygen atoms in total. The van der Waals surface area contributed by atoms with E-state index in [2.05, 4.69) is 5.32 Å². The maximum absolute atomic E-state index is 12.9. The first kappa shape index (κ1) is 19.8. The zero-order chi connectivity index (χ0) is 18.4. The lowest BCUT2D eigenvalue weighted by atomic mass is 9.82. The van der Waals surface area contributed by atoms with Gasteiger partial charge >= 0.3 is 5.97 Å². The molecule has 2 unspecified atom stereocenters. The Bertz CT molecular complexity index is 700. The fraction of sp³-hybridized carbons (Fsp3) is 0.294. The standard InChI is InChI=1S/C17H15Cl3FNO3/c18-14(15(19)20)9-25-17(24)13-4-2-1-3-12(13)16(23)22-11-7-5-10(21)6-8-11/h1-2,5-8,12-13H,3-4,9H2,(H,22,23). The van der Waals surface area contributed by atoms with Crippen molar-refractivity contribution in [3.05, 3.63) is 51.8 Å². The van der Waals surface area contributed by atoms with E-state index in [1.807, 2.05) is 12.2 Å². The number of hydrogen-bond donors (Lipinski definition) is 1. The topological polar surface area (TPSA) is 55.4 Å². The number of halogens is 4. The van der Waals surface area contributed by atoms with Crippen LogP contribution in [0.15, 0.2) is 45.9 Å². The molecular weight excluding hydrogens is 392 g/mol. The van der Waals surface area contributed by atoms with Crippen LogP contribution in [0.3, 0.4) is 0 Å². The Morgan fingerprint density at radius 2 is 1.68 bits per heavy atom. The fourth-order valence-electron chi connectivity index (χ4n) is 2.43. The van der Waals surface area contributed by atoms with Gasteiger partial charge in [-0.25, -0.2) is 4.39 Å². The van der Waals surface area contributed by atoms with Crippen molar-refractivity contribution in [2.24, 2.45) is 11.8 Å². The highest BCUT2D eigenvalue weighted by atomic mass is 35.5. The third-order valence-corrected chi connectivity index (χ3v) is 4.68. The summed E-state index contributed by atoms with van der Waals surface area (Å²) in [5, 5.41) is 2.69. The summed E-state index contributed by atoms with van der Waals surface area (Å²) in [4.78, 5) is 24.8. The maximum atomic E-state index is 12.9. The van der Waals surface area contributed by atoms with Crippen LogP contribution >= 0.6 is 34.8 Å². The van der Waals surface area contributed by atoms with Crippen molar-refractivity contribution in [2.75, 3.05) is 11.9 Å². The summed E-state index contributed by atoms with van der Waals surface area (Å²) in [6.07, 6.45) is 4.42. The van der Waals surface area contributed by atoms with Gasteiger partial charge in [-0.3, -0.25) is 9.59 Å². The van der Waals surface area contributed by atoms with Gasteiger partial charge in [0.25, 0.3) is 0 Å². The monoisotopic (exact) mass is 405 g/mol. The van der Waals surface area contributed by atoms with Crippen LogP contribution in [0.1, 0.15) is 12.8 Å². The molecule has 1 aliphatic carbocycles. The van der Waals surface area contributed by atoms with Crippen molar-refractivity contribution in [2.45, 2.75) is 12.8 Å². The summed E-state index contributed by atoms with van der Waals surface area (Å²) < 4.78 is 17.8. The molecule has 8 heteroatoms. The lowest BCUT2D eigenvalue weighted by molar-refractivity contribution is -0.151. The lowest BCUT2D eigenvalue weighted by Crippen LogP contribution is -2.36. The molecule has 1 aliphatic rings. The first-order chi connectivity index (χ1) is 11.9. The van der Waals surface area contributed by atoms with Gasteiger partial charge in [0, 0.05) is 5.69 Å². The fourth-order valence-corrected chi connectivity index (χ4v) is 2.59. The summed E-state index contributed by atoms with van der Waals surface area (Å²) in [6.45, 7) is -0.255. The van der Waals surface area contributed by atoms with Gasteiger partial charge in [-0.15, -0.1) is 0 Å². The number of amides is 1. The van der Waals surface area contributed by atoms with Crippen LogP contribution in [-0.2, 0) is 14.3 Å². The van der Waals surface area contributed by atoms with Gasteiger partial charge in [-0.2, -0.15) is 0 Å². The number of allylic oxidation sites excluding steroid dienone is 2. The number of rotatable bonds is 5. The van der Waals surface area contributed by atoms with Crippen molar-refractivity contribution >= 4 is 52.4 Å². The van der Waals surface area contributed by atoms with E-state index in [4.69, 9.17) is 39.5 Å². The maximum Gasteiger partial charge on any atom is 0.310 e. The normalized spacial score (nSPS) is 19.2. The Hall–Kier alpha value is -1.56. The SMILES string of the molecule is O=C(Nc1ccc(F)cc1)C1CC=CCC1C(=O)OCC(Cl)=C(Cl)Cl. The highest BCUT2D eigenvalue weighted by Crippen LogP contribution is 2.29. The average Bonchev–Trinajstić information content (AvgIpc) is 2.61. The summed E-state index contributed by atoms with van der Waals surface area (Å²) in [6, 6.07) is 5.39. The highest BCUT2D eigenvalue weighted by molar-refractivity contribution is 6.59. The van der Waals surface area contributed by atoms with Gasteiger partial charge in [0.15, 0.2) is 0 Å². The summed E-state index contributed by atoms with van der Waals surface area (Å²) in [5.74, 6) is -2.55. The largest absolute Gasteiger partial charge is 0.460 e. The molecule has 0 aromatic heterocycles.